The second kappa shape index (κ2) is 7.37. The number of aromatic nitrogens is 1. The van der Waals surface area contributed by atoms with E-state index in [0.717, 1.165) is 38.2 Å². The van der Waals surface area contributed by atoms with Crippen molar-refractivity contribution < 1.29 is 0 Å². The van der Waals surface area contributed by atoms with Gasteiger partial charge in [0.2, 0.25) is 0 Å². The van der Waals surface area contributed by atoms with Crippen molar-refractivity contribution in [2.24, 2.45) is 5.73 Å². The van der Waals surface area contributed by atoms with Crippen LogP contribution in [-0.2, 0) is 6.42 Å². The Morgan fingerprint density at radius 1 is 1.33 bits per heavy atom. The molecule has 3 heteroatoms. The largest absolute Gasteiger partial charge is 0.357 e. The molecule has 0 fully saturated rings. The summed E-state index contributed by atoms with van der Waals surface area (Å²) < 4.78 is 0. The first kappa shape index (κ1) is 15.0. The van der Waals surface area contributed by atoms with Crippen LogP contribution in [0.1, 0.15) is 44.7 Å². The lowest BCUT2D eigenvalue weighted by molar-refractivity contribution is 0.644. The molecule has 1 atom stereocenters. The summed E-state index contributed by atoms with van der Waals surface area (Å²) in [7, 11) is 0. The molecule has 0 bridgehead atoms. The molecule has 0 aliphatic rings. The average molecular weight is 249 g/mol. The number of aryl methyl sites for hydroxylation is 1. The average Bonchev–Trinajstić information content (AvgIpc) is 2.36. The Labute approximate surface area is 111 Å². The summed E-state index contributed by atoms with van der Waals surface area (Å²) in [6.07, 6.45) is 5.07. The zero-order chi connectivity index (χ0) is 13.5. The first-order valence-electron chi connectivity index (χ1n) is 7.08. The molecule has 0 aliphatic carbocycles. The lowest BCUT2D eigenvalue weighted by atomic mass is 10.0. The van der Waals surface area contributed by atoms with Crippen molar-refractivity contribution in [1.29, 1.82) is 0 Å². The van der Waals surface area contributed by atoms with E-state index in [-0.39, 0.29) is 6.04 Å². The van der Waals surface area contributed by atoms with E-state index < -0.39 is 0 Å². The second-order valence-corrected chi connectivity index (χ2v) is 4.94. The van der Waals surface area contributed by atoms with Gasteiger partial charge in [0.05, 0.1) is 0 Å². The van der Waals surface area contributed by atoms with Crippen LogP contribution in [0.15, 0.2) is 12.3 Å². The molecule has 0 aromatic carbocycles. The van der Waals surface area contributed by atoms with Gasteiger partial charge >= 0.3 is 0 Å². The van der Waals surface area contributed by atoms with Crippen molar-refractivity contribution in [2.45, 2.75) is 53.0 Å². The number of hydrogen-bond acceptors (Lipinski definition) is 3. The Balaban J connectivity index is 2.84. The van der Waals surface area contributed by atoms with Crippen LogP contribution < -0.4 is 10.6 Å². The zero-order valence-corrected chi connectivity index (χ0v) is 12.2. The van der Waals surface area contributed by atoms with Gasteiger partial charge in [-0.15, -0.1) is 0 Å². The Hall–Kier alpha value is -1.09. The van der Waals surface area contributed by atoms with Crippen LogP contribution in [0.5, 0.6) is 0 Å². The molecule has 0 aliphatic heterocycles. The summed E-state index contributed by atoms with van der Waals surface area (Å²) in [5, 5.41) is 0. The van der Waals surface area contributed by atoms with Gasteiger partial charge in [0.15, 0.2) is 0 Å². The van der Waals surface area contributed by atoms with Crippen molar-refractivity contribution >= 4 is 5.82 Å². The minimum Gasteiger partial charge on any atom is -0.357 e. The molecule has 0 amide bonds. The molecule has 1 aromatic rings. The number of rotatable bonds is 7. The molecule has 0 saturated heterocycles. The summed E-state index contributed by atoms with van der Waals surface area (Å²) in [5.74, 6) is 1.12. The van der Waals surface area contributed by atoms with Crippen LogP contribution in [0.2, 0.25) is 0 Å². The molecule has 18 heavy (non-hydrogen) atoms. The topological polar surface area (TPSA) is 42.2 Å². The van der Waals surface area contributed by atoms with E-state index in [2.05, 4.69) is 43.6 Å². The fourth-order valence-electron chi connectivity index (χ4n) is 2.20. The van der Waals surface area contributed by atoms with Crippen molar-refractivity contribution in [2.75, 3.05) is 18.0 Å². The number of anilines is 1. The van der Waals surface area contributed by atoms with Crippen LogP contribution in [0.4, 0.5) is 5.82 Å². The summed E-state index contributed by atoms with van der Waals surface area (Å²) in [6, 6.07) is 2.48. The van der Waals surface area contributed by atoms with E-state index in [9.17, 15) is 0 Å². The summed E-state index contributed by atoms with van der Waals surface area (Å²) >= 11 is 0. The van der Waals surface area contributed by atoms with Gasteiger partial charge < -0.3 is 10.6 Å². The third-order valence-electron chi connectivity index (χ3n) is 3.30. The number of nitrogens with two attached hydrogens (primary N) is 1. The number of pyridine rings is 1. The Kier molecular flexibility index (Phi) is 6.13. The number of hydrogen-bond donors (Lipinski definition) is 1. The van der Waals surface area contributed by atoms with Crippen LogP contribution in [-0.4, -0.2) is 24.1 Å². The van der Waals surface area contributed by atoms with Crippen molar-refractivity contribution in [3.63, 3.8) is 0 Å². The van der Waals surface area contributed by atoms with E-state index in [0.29, 0.717) is 0 Å². The summed E-state index contributed by atoms with van der Waals surface area (Å²) in [6.45, 7) is 10.7. The van der Waals surface area contributed by atoms with Crippen LogP contribution in [0.25, 0.3) is 0 Å². The van der Waals surface area contributed by atoms with Gasteiger partial charge in [0.25, 0.3) is 0 Å². The molecule has 1 unspecified atom stereocenters. The minimum atomic E-state index is 0.245. The fraction of sp³-hybridized carbons (Fsp3) is 0.667. The zero-order valence-electron chi connectivity index (χ0n) is 12.2. The molecule has 1 heterocycles. The Morgan fingerprint density at radius 3 is 2.56 bits per heavy atom. The van der Waals surface area contributed by atoms with Crippen molar-refractivity contribution in [3.05, 3.63) is 23.4 Å². The van der Waals surface area contributed by atoms with E-state index in [1.807, 2.05) is 6.20 Å². The van der Waals surface area contributed by atoms with Gasteiger partial charge in [-0.1, -0.05) is 19.9 Å². The molecule has 0 spiro atoms. The van der Waals surface area contributed by atoms with Gasteiger partial charge in [-0.3, -0.25) is 0 Å². The van der Waals surface area contributed by atoms with Crippen LogP contribution in [0, 0.1) is 6.92 Å². The Bertz CT molecular complexity index is 363. The smallest absolute Gasteiger partial charge is 0.131 e. The highest BCUT2D eigenvalue weighted by molar-refractivity contribution is 5.47. The quantitative estimate of drug-likeness (QED) is 0.808. The number of nitrogens with zero attached hydrogens (tertiary/aromatic N) is 2. The normalized spacial score (nSPS) is 12.5. The SMILES string of the molecule is CCCN(CC)c1ncc(CC(N)CC)cc1C. The highest BCUT2D eigenvalue weighted by Crippen LogP contribution is 2.19. The third-order valence-corrected chi connectivity index (χ3v) is 3.30. The molecule has 0 radical (unpaired) electrons. The third kappa shape index (κ3) is 3.98. The van der Waals surface area contributed by atoms with Gasteiger partial charge in [0.1, 0.15) is 5.82 Å². The van der Waals surface area contributed by atoms with Crippen LogP contribution >= 0.6 is 0 Å². The molecular formula is C15H27N3. The predicted molar refractivity (Wildman–Crippen MR) is 79.1 cm³/mol. The highest BCUT2D eigenvalue weighted by Gasteiger charge is 2.10. The summed E-state index contributed by atoms with van der Waals surface area (Å²) in [4.78, 5) is 6.96. The molecular weight excluding hydrogens is 222 g/mol. The van der Waals surface area contributed by atoms with E-state index >= 15 is 0 Å². The predicted octanol–water partition coefficient (Wildman–Crippen LogP) is 2.91. The first-order valence-corrected chi connectivity index (χ1v) is 7.08. The van der Waals surface area contributed by atoms with Gasteiger partial charge in [-0.25, -0.2) is 4.98 Å². The lowest BCUT2D eigenvalue weighted by Crippen LogP contribution is -2.26. The monoisotopic (exact) mass is 249 g/mol. The Morgan fingerprint density at radius 2 is 2.06 bits per heavy atom. The standard InChI is InChI=1S/C15H27N3/c1-5-8-18(7-3)15-12(4)9-13(11-17-15)10-14(16)6-2/h9,11,14H,5-8,10,16H2,1-4H3. The van der Waals surface area contributed by atoms with Gasteiger partial charge in [-0.2, -0.15) is 0 Å². The van der Waals surface area contributed by atoms with Crippen molar-refractivity contribution in [3.8, 4) is 0 Å². The molecule has 102 valence electrons. The van der Waals surface area contributed by atoms with E-state index in [4.69, 9.17) is 5.73 Å². The van der Waals surface area contributed by atoms with Crippen molar-refractivity contribution in [1.82, 2.24) is 4.98 Å². The second-order valence-electron chi connectivity index (χ2n) is 4.94. The van der Waals surface area contributed by atoms with E-state index in [1.165, 1.54) is 11.1 Å². The first-order chi connectivity index (χ1) is 8.62. The van der Waals surface area contributed by atoms with Gasteiger partial charge in [0, 0.05) is 25.3 Å². The van der Waals surface area contributed by atoms with Crippen LogP contribution in [0.3, 0.4) is 0 Å². The van der Waals surface area contributed by atoms with Gasteiger partial charge in [-0.05, 0) is 44.2 Å². The lowest BCUT2D eigenvalue weighted by Gasteiger charge is -2.23. The molecule has 3 nitrogen and oxygen atoms in total. The minimum absolute atomic E-state index is 0.245. The summed E-state index contributed by atoms with van der Waals surface area (Å²) in [5.41, 5.74) is 8.49. The molecule has 0 saturated carbocycles. The maximum Gasteiger partial charge on any atom is 0.131 e. The molecule has 1 aromatic heterocycles. The maximum atomic E-state index is 5.99. The highest BCUT2D eigenvalue weighted by atomic mass is 15.2. The molecule has 2 N–H and O–H groups in total. The van der Waals surface area contributed by atoms with E-state index in [1.54, 1.807) is 0 Å². The molecule has 1 rings (SSSR count). The maximum absolute atomic E-state index is 5.99. The fourth-order valence-corrected chi connectivity index (χ4v) is 2.20.